The van der Waals surface area contributed by atoms with Gasteiger partial charge in [-0.3, -0.25) is 0 Å². The van der Waals surface area contributed by atoms with Gasteiger partial charge in [0.15, 0.2) is 5.82 Å². The number of morpholine rings is 1. The molecule has 2 heterocycles. The van der Waals surface area contributed by atoms with Crippen molar-refractivity contribution in [3.8, 4) is 0 Å². The van der Waals surface area contributed by atoms with E-state index in [9.17, 15) is 0 Å². The van der Waals surface area contributed by atoms with Gasteiger partial charge in [0.1, 0.15) is 0 Å². The molecule has 1 fully saturated rings. The molecule has 2 rings (SSSR count). The van der Waals surface area contributed by atoms with Crippen LogP contribution in [-0.2, 0) is 4.74 Å². The highest BCUT2D eigenvalue weighted by Crippen LogP contribution is 1.99. The van der Waals surface area contributed by atoms with Crippen LogP contribution in [0, 0.1) is 0 Å². The molecule has 4 nitrogen and oxygen atoms in total. The van der Waals surface area contributed by atoms with Crippen molar-refractivity contribution in [2.45, 2.75) is 0 Å². The molecule has 0 atom stereocenters. The molecule has 0 bridgehead atoms. The molecule has 1 aliphatic rings. The van der Waals surface area contributed by atoms with E-state index in [0.717, 1.165) is 32.1 Å². The second-order valence-electron chi connectivity index (χ2n) is 3.07. The van der Waals surface area contributed by atoms with E-state index in [0.29, 0.717) is 0 Å². The summed E-state index contributed by atoms with van der Waals surface area (Å²) < 4.78 is 5.24. The standard InChI is InChI=1S/C10H13N3O/c1-3-11-10(12-4-1)2-5-13-6-8-14-9-7-13/h1-5H,6-9H2. The van der Waals surface area contributed by atoms with Gasteiger partial charge in [0.05, 0.1) is 13.2 Å². The molecule has 0 amide bonds. The first kappa shape index (κ1) is 9.15. The van der Waals surface area contributed by atoms with Crippen LogP contribution in [0.25, 0.3) is 6.08 Å². The van der Waals surface area contributed by atoms with E-state index >= 15 is 0 Å². The summed E-state index contributed by atoms with van der Waals surface area (Å²) in [4.78, 5) is 10.4. The maximum atomic E-state index is 5.24. The molecule has 1 saturated heterocycles. The van der Waals surface area contributed by atoms with Crippen molar-refractivity contribution >= 4 is 6.08 Å². The predicted molar refractivity (Wildman–Crippen MR) is 53.5 cm³/mol. The van der Waals surface area contributed by atoms with Gasteiger partial charge in [0.2, 0.25) is 0 Å². The first-order valence-electron chi connectivity index (χ1n) is 4.72. The summed E-state index contributed by atoms with van der Waals surface area (Å²) in [6.45, 7) is 3.51. The summed E-state index contributed by atoms with van der Waals surface area (Å²) in [5.74, 6) is 0.749. The first-order valence-corrected chi connectivity index (χ1v) is 4.72. The Bertz CT molecular complexity index is 293. The number of hydrogen-bond acceptors (Lipinski definition) is 4. The zero-order valence-corrected chi connectivity index (χ0v) is 7.97. The van der Waals surface area contributed by atoms with E-state index in [1.165, 1.54) is 0 Å². The van der Waals surface area contributed by atoms with Crippen molar-refractivity contribution in [2.75, 3.05) is 26.3 Å². The summed E-state index contributed by atoms with van der Waals surface area (Å²) in [6, 6.07) is 1.81. The Morgan fingerprint density at radius 2 is 1.93 bits per heavy atom. The molecule has 0 saturated carbocycles. The van der Waals surface area contributed by atoms with Crippen molar-refractivity contribution in [3.05, 3.63) is 30.5 Å². The lowest BCUT2D eigenvalue weighted by Gasteiger charge is -2.24. The number of nitrogens with zero attached hydrogens (tertiary/aromatic N) is 3. The molecule has 1 aromatic rings. The molecule has 1 aromatic heterocycles. The number of rotatable bonds is 2. The summed E-state index contributed by atoms with van der Waals surface area (Å²) in [5.41, 5.74) is 0. The number of hydrogen-bond donors (Lipinski definition) is 0. The highest BCUT2D eigenvalue weighted by atomic mass is 16.5. The van der Waals surface area contributed by atoms with Gasteiger partial charge >= 0.3 is 0 Å². The van der Waals surface area contributed by atoms with Crippen molar-refractivity contribution in [3.63, 3.8) is 0 Å². The quantitative estimate of drug-likeness (QED) is 0.692. The molecule has 0 radical (unpaired) electrons. The molecule has 1 aliphatic heterocycles. The largest absolute Gasteiger partial charge is 0.378 e. The SMILES string of the molecule is C(=CN1CCOCC1)c1ncccn1. The molecule has 0 N–H and O–H groups in total. The second kappa shape index (κ2) is 4.72. The van der Waals surface area contributed by atoms with Gasteiger partial charge < -0.3 is 9.64 Å². The average Bonchev–Trinajstić information content (AvgIpc) is 2.29. The lowest BCUT2D eigenvalue weighted by Crippen LogP contribution is -2.31. The van der Waals surface area contributed by atoms with Crippen molar-refractivity contribution in [1.29, 1.82) is 0 Å². The van der Waals surface area contributed by atoms with Crippen LogP contribution >= 0.6 is 0 Å². The average molecular weight is 191 g/mol. The van der Waals surface area contributed by atoms with Gasteiger partial charge in [-0.2, -0.15) is 0 Å². The fourth-order valence-electron chi connectivity index (χ4n) is 1.30. The number of aromatic nitrogens is 2. The third-order valence-electron chi connectivity index (χ3n) is 2.07. The first-order chi connectivity index (χ1) is 6.95. The normalized spacial score (nSPS) is 17.6. The summed E-state index contributed by atoms with van der Waals surface area (Å²) in [7, 11) is 0. The predicted octanol–water partition coefficient (Wildman–Crippen LogP) is 0.780. The van der Waals surface area contributed by atoms with E-state index in [1.54, 1.807) is 12.4 Å². The second-order valence-corrected chi connectivity index (χ2v) is 3.07. The molecule has 4 heteroatoms. The van der Waals surface area contributed by atoms with Crippen LogP contribution in [0.1, 0.15) is 5.82 Å². The van der Waals surface area contributed by atoms with E-state index in [4.69, 9.17) is 4.74 Å². The van der Waals surface area contributed by atoms with Gasteiger partial charge in [-0.1, -0.05) is 0 Å². The van der Waals surface area contributed by atoms with Crippen LogP contribution in [0.5, 0.6) is 0 Å². The Balaban J connectivity index is 1.93. The molecule has 0 aromatic carbocycles. The van der Waals surface area contributed by atoms with Crippen molar-refractivity contribution < 1.29 is 4.74 Å². The number of ether oxygens (including phenoxy) is 1. The van der Waals surface area contributed by atoms with Gasteiger partial charge in [0.25, 0.3) is 0 Å². The Morgan fingerprint density at radius 1 is 1.21 bits per heavy atom. The van der Waals surface area contributed by atoms with Gasteiger partial charge in [-0.15, -0.1) is 0 Å². The lowest BCUT2D eigenvalue weighted by atomic mass is 10.4. The molecule has 14 heavy (non-hydrogen) atoms. The smallest absolute Gasteiger partial charge is 0.153 e. The zero-order valence-electron chi connectivity index (χ0n) is 7.97. The van der Waals surface area contributed by atoms with E-state index in [2.05, 4.69) is 14.9 Å². The van der Waals surface area contributed by atoms with Crippen LogP contribution in [0.4, 0.5) is 0 Å². The maximum Gasteiger partial charge on any atom is 0.153 e. The Hall–Kier alpha value is -1.42. The summed E-state index contributed by atoms with van der Waals surface area (Å²) in [5, 5.41) is 0. The summed E-state index contributed by atoms with van der Waals surface area (Å²) >= 11 is 0. The molecule has 0 spiro atoms. The van der Waals surface area contributed by atoms with E-state index in [1.807, 2.05) is 18.3 Å². The van der Waals surface area contributed by atoms with Gasteiger partial charge in [0, 0.05) is 31.7 Å². The molecular formula is C10H13N3O. The van der Waals surface area contributed by atoms with Crippen LogP contribution in [-0.4, -0.2) is 41.2 Å². The fourth-order valence-corrected chi connectivity index (χ4v) is 1.30. The van der Waals surface area contributed by atoms with E-state index in [-0.39, 0.29) is 0 Å². The minimum Gasteiger partial charge on any atom is -0.378 e. The Morgan fingerprint density at radius 3 is 2.64 bits per heavy atom. The Labute approximate surface area is 83.2 Å². The van der Waals surface area contributed by atoms with Crippen LogP contribution < -0.4 is 0 Å². The zero-order chi connectivity index (χ0) is 9.64. The van der Waals surface area contributed by atoms with Crippen LogP contribution in [0.15, 0.2) is 24.7 Å². The van der Waals surface area contributed by atoms with E-state index < -0.39 is 0 Å². The van der Waals surface area contributed by atoms with Crippen molar-refractivity contribution in [2.24, 2.45) is 0 Å². The molecule has 0 aliphatic carbocycles. The summed E-state index contributed by atoms with van der Waals surface area (Å²) in [6.07, 6.45) is 7.43. The molecule has 74 valence electrons. The third-order valence-corrected chi connectivity index (χ3v) is 2.07. The van der Waals surface area contributed by atoms with Crippen LogP contribution in [0.3, 0.4) is 0 Å². The highest BCUT2D eigenvalue weighted by Gasteiger charge is 2.04. The van der Waals surface area contributed by atoms with Crippen molar-refractivity contribution in [1.82, 2.24) is 14.9 Å². The van der Waals surface area contributed by atoms with Crippen LogP contribution in [0.2, 0.25) is 0 Å². The molecular weight excluding hydrogens is 178 g/mol. The molecule has 0 unspecified atom stereocenters. The monoisotopic (exact) mass is 191 g/mol. The third kappa shape index (κ3) is 2.53. The fraction of sp³-hybridized carbons (Fsp3) is 0.400. The minimum atomic E-state index is 0.749. The Kier molecular flexibility index (Phi) is 3.08. The maximum absolute atomic E-state index is 5.24. The minimum absolute atomic E-state index is 0.749. The highest BCUT2D eigenvalue weighted by molar-refractivity contribution is 5.38. The van der Waals surface area contributed by atoms with Gasteiger partial charge in [-0.25, -0.2) is 9.97 Å². The van der Waals surface area contributed by atoms with Gasteiger partial charge in [-0.05, 0) is 12.1 Å². The topological polar surface area (TPSA) is 38.2 Å². The lowest BCUT2D eigenvalue weighted by molar-refractivity contribution is 0.0597.